The van der Waals surface area contributed by atoms with Crippen molar-refractivity contribution in [3.8, 4) is 0 Å². The van der Waals surface area contributed by atoms with E-state index in [1.54, 1.807) is 0 Å². The summed E-state index contributed by atoms with van der Waals surface area (Å²) in [5.74, 6) is -1.43. The summed E-state index contributed by atoms with van der Waals surface area (Å²) in [6, 6.07) is 12.7. The van der Waals surface area contributed by atoms with Gasteiger partial charge in [-0.05, 0) is 11.5 Å². The lowest BCUT2D eigenvalue weighted by atomic mass is 10.1. The quantitative estimate of drug-likeness (QED) is 0.776. The summed E-state index contributed by atoms with van der Waals surface area (Å²) in [5.41, 5.74) is 0.847. The average Bonchev–Trinajstić information content (AvgIpc) is 2.42. The maximum atomic E-state index is 11.1. The highest BCUT2D eigenvalue weighted by Crippen LogP contribution is 2.22. The minimum Gasteiger partial charge on any atom is -0.480 e. The molecule has 20 heavy (non-hydrogen) atoms. The second-order valence-electron chi connectivity index (χ2n) is 4.50. The number of carbonyl (C=O) groups is 2. The average molecular weight is 272 g/mol. The van der Waals surface area contributed by atoms with Crippen molar-refractivity contribution in [2.45, 2.75) is 13.0 Å². The smallest absolute Gasteiger partial charge is 0.328 e. The molecule has 0 spiro atoms. The van der Waals surface area contributed by atoms with Crippen molar-refractivity contribution in [1.29, 1.82) is 0 Å². The molecular formula is C15H16N2O3. The lowest BCUT2D eigenvalue weighted by Crippen LogP contribution is -2.44. The topological polar surface area (TPSA) is 78.4 Å². The van der Waals surface area contributed by atoms with Crippen LogP contribution in [0.25, 0.3) is 10.8 Å². The molecule has 1 amide bonds. The molecule has 0 saturated carbocycles. The molecule has 0 radical (unpaired) electrons. The van der Waals surface area contributed by atoms with E-state index in [0.717, 1.165) is 16.5 Å². The molecule has 3 N–H and O–H groups in total. The van der Waals surface area contributed by atoms with Crippen molar-refractivity contribution in [1.82, 2.24) is 5.32 Å². The molecule has 104 valence electrons. The molecular weight excluding hydrogens is 256 g/mol. The zero-order valence-corrected chi connectivity index (χ0v) is 11.1. The number of carboxylic acid groups (broad SMARTS) is 1. The van der Waals surface area contributed by atoms with Gasteiger partial charge < -0.3 is 15.7 Å². The summed E-state index contributed by atoms with van der Waals surface area (Å²) in [6.45, 7) is 1.43. The SMILES string of the molecule is CC(=O)NC(CNc1cccc2ccccc12)C(=O)O. The Hall–Kier alpha value is -2.56. The number of amides is 1. The third kappa shape index (κ3) is 3.26. The van der Waals surface area contributed by atoms with E-state index < -0.39 is 12.0 Å². The summed E-state index contributed by atoms with van der Waals surface area (Å²) >= 11 is 0. The second-order valence-corrected chi connectivity index (χ2v) is 4.50. The van der Waals surface area contributed by atoms with Crippen LogP contribution in [0.4, 0.5) is 5.69 Å². The van der Waals surface area contributed by atoms with Crippen LogP contribution in [0.15, 0.2) is 42.5 Å². The molecule has 0 aliphatic heterocycles. The molecule has 0 bridgehead atoms. The number of nitrogens with one attached hydrogen (secondary N) is 2. The number of anilines is 1. The Kier molecular flexibility index (Phi) is 4.20. The third-order valence-electron chi connectivity index (χ3n) is 2.96. The van der Waals surface area contributed by atoms with Gasteiger partial charge in [0.2, 0.25) is 5.91 Å². The predicted octanol–water partition coefficient (Wildman–Crippen LogP) is 1.84. The number of hydrogen-bond donors (Lipinski definition) is 3. The number of fused-ring (bicyclic) bond motifs is 1. The summed E-state index contributed by atoms with van der Waals surface area (Å²) in [6.07, 6.45) is 0. The van der Waals surface area contributed by atoms with Gasteiger partial charge in [0.25, 0.3) is 0 Å². The number of aliphatic carboxylic acids is 1. The fourth-order valence-electron chi connectivity index (χ4n) is 2.04. The van der Waals surface area contributed by atoms with Gasteiger partial charge >= 0.3 is 5.97 Å². The molecule has 5 nitrogen and oxygen atoms in total. The fourth-order valence-corrected chi connectivity index (χ4v) is 2.04. The van der Waals surface area contributed by atoms with E-state index in [1.165, 1.54) is 6.92 Å². The molecule has 0 aromatic heterocycles. The van der Waals surface area contributed by atoms with Crippen molar-refractivity contribution in [3.63, 3.8) is 0 Å². The molecule has 0 fully saturated rings. The van der Waals surface area contributed by atoms with Gasteiger partial charge in [-0.25, -0.2) is 4.79 Å². The Morgan fingerprint density at radius 2 is 1.85 bits per heavy atom. The number of hydrogen-bond acceptors (Lipinski definition) is 3. The van der Waals surface area contributed by atoms with Gasteiger partial charge in [-0.3, -0.25) is 4.79 Å². The first-order valence-corrected chi connectivity index (χ1v) is 6.29. The maximum Gasteiger partial charge on any atom is 0.328 e. The highest BCUT2D eigenvalue weighted by molar-refractivity contribution is 5.94. The minimum atomic E-state index is -1.06. The van der Waals surface area contributed by atoms with Crippen LogP contribution in [0.5, 0.6) is 0 Å². The predicted molar refractivity (Wildman–Crippen MR) is 77.7 cm³/mol. The Morgan fingerprint density at radius 3 is 2.55 bits per heavy atom. The number of benzene rings is 2. The monoisotopic (exact) mass is 272 g/mol. The second kappa shape index (κ2) is 6.06. The molecule has 1 unspecified atom stereocenters. The van der Waals surface area contributed by atoms with Gasteiger partial charge in [-0.1, -0.05) is 36.4 Å². The Balaban J connectivity index is 2.15. The number of carboxylic acids is 1. The van der Waals surface area contributed by atoms with Crippen molar-refractivity contribution in [2.75, 3.05) is 11.9 Å². The van der Waals surface area contributed by atoms with Gasteiger partial charge in [0.1, 0.15) is 6.04 Å². The molecule has 2 rings (SSSR count). The first kappa shape index (κ1) is 13.9. The van der Waals surface area contributed by atoms with Crippen LogP contribution < -0.4 is 10.6 Å². The van der Waals surface area contributed by atoms with Gasteiger partial charge in [0.05, 0.1) is 0 Å². The molecule has 0 aliphatic carbocycles. The molecule has 2 aromatic rings. The van der Waals surface area contributed by atoms with Crippen LogP contribution in [-0.4, -0.2) is 29.6 Å². The normalized spacial score (nSPS) is 11.8. The van der Waals surface area contributed by atoms with Crippen LogP contribution >= 0.6 is 0 Å². The first-order chi connectivity index (χ1) is 9.58. The fraction of sp³-hybridized carbons (Fsp3) is 0.200. The Labute approximate surface area is 116 Å². The van der Waals surface area contributed by atoms with E-state index in [0.29, 0.717) is 0 Å². The van der Waals surface area contributed by atoms with Crippen LogP contribution in [0.3, 0.4) is 0 Å². The Morgan fingerprint density at radius 1 is 1.15 bits per heavy atom. The maximum absolute atomic E-state index is 11.1. The van der Waals surface area contributed by atoms with Crippen LogP contribution in [0.2, 0.25) is 0 Å². The van der Waals surface area contributed by atoms with Crippen LogP contribution in [-0.2, 0) is 9.59 Å². The standard InChI is InChI=1S/C15H16N2O3/c1-10(18)17-14(15(19)20)9-16-13-8-4-6-11-5-2-3-7-12(11)13/h2-8,14,16H,9H2,1H3,(H,17,18)(H,19,20). The van der Waals surface area contributed by atoms with E-state index in [1.807, 2.05) is 42.5 Å². The van der Waals surface area contributed by atoms with Crippen molar-refractivity contribution in [3.05, 3.63) is 42.5 Å². The zero-order chi connectivity index (χ0) is 14.5. The lowest BCUT2D eigenvalue weighted by molar-refractivity contribution is -0.141. The molecule has 1 atom stereocenters. The molecule has 5 heteroatoms. The molecule has 0 saturated heterocycles. The van der Waals surface area contributed by atoms with E-state index >= 15 is 0 Å². The first-order valence-electron chi connectivity index (χ1n) is 6.29. The number of rotatable bonds is 5. The largest absolute Gasteiger partial charge is 0.480 e. The summed E-state index contributed by atoms with van der Waals surface area (Å²) in [4.78, 5) is 22.0. The van der Waals surface area contributed by atoms with Gasteiger partial charge in [0.15, 0.2) is 0 Å². The van der Waals surface area contributed by atoms with Crippen LogP contribution in [0, 0.1) is 0 Å². The highest BCUT2D eigenvalue weighted by Gasteiger charge is 2.18. The van der Waals surface area contributed by atoms with E-state index in [9.17, 15) is 9.59 Å². The lowest BCUT2D eigenvalue weighted by Gasteiger charge is -2.16. The molecule has 2 aromatic carbocycles. The van der Waals surface area contributed by atoms with Crippen molar-refractivity contribution >= 4 is 28.3 Å². The van der Waals surface area contributed by atoms with Crippen molar-refractivity contribution in [2.24, 2.45) is 0 Å². The number of carbonyl (C=O) groups excluding carboxylic acids is 1. The Bertz CT molecular complexity index is 635. The third-order valence-corrected chi connectivity index (χ3v) is 2.96. The van der Waals surface area contributed by atoms with Crippen LogP contribution in [0.1, 0.15) is 6.92 Å². The van der Waals surface area contributed by atoms with Gasteiger partial charge in [0, 0.05) is 24.5 Å². The summed E-state index contributed by atoms with van der Waals surface area (Å²) in [7, 11) is 0. The van der Waals surface area contributed by atoms with E-state index in [2.05, 4.69) is 10.6 Å². The zero-order valence-electron chi connectivity index (χ0n) is 11.1. The summed E-state index contributed by atoms with van der Waals surface area (Å²) in [5, 5.41) is 16.6. The molecule has 0 heterocycles. The highest BCUT2D eigenvalue weighted by atomic mass is 16.4. The summed E-state index contributed by atoms with van der Waals surface area (Å²) < 4.78 is 0. The van der Waals surface area contributed by atoms with E-state index in [-0.39, 0.29) is 12.5 Å². The molecule has 0 aliphatic rings. The van der Waals surface area contributed by atoms with Gasteiger partial charge in [-0.2, -0.15) is 0 Å². The minimum absolute atomic E-state index is 0.128. The van der Waals surface area contributed by atoms with Gasteiger partial charge in [-0.15, -0.1) is 0 Å². The van der Waals surface area contributed by atoms with Crippen molar-refractivity contribution < 1.29 is 14.7 Å². The van der Waals surface area contributed by atoms with E-state index in [4.69, 9.17) is 5.11 Å².